The second-order valence-electron chi connectivity index (χ2n) is 18.0. The van der Waals surface area contributed by atoms with Gasteiger partial charge in [-0.05, 0) is 57.4 Å². The zero-order chi connectivity index (χ0) is 44.3. The highest BCUT2D eigenvalue weighted by Crippen LogP contribution is 2.53. The van der Waals surface area contributed by atoms with Gasteiger partial charge in [0, 0.05) is 44.1 Å². The Morgan fingerprint density at radius 3 is 2.22 bits per heavy atom. The largest absolute Gasteiger partial charge is 0.469 e. The van der Waals surface area contributed by atoms with Gasteiger partial charge in [0.15, 0.2) is 11.9 Å². The molecule has 59 heavy (non-hydrogen) atoms. The fourth-order valence-electron chi connectivity index (χ4n) is 8.96. The van der Waals surface area contributed by atoms with Crippen LogP contribution in [0.5, 0.6) is 0 Å². The second-order valence-corrected chi connectivity index (χ2v) is 18.9. The highest BCUT2D eigenvalue weighted by molar-refractivity contribution is 14.1. The molecule has 12 atom stereocenters. The smallest absolute Gasteiger partial charge is 0.367 e. The third-order valence-electron chi connectivity index (χ3n) is 12.6. The summed E-state index contributed by atoms with van der Waals surface area (Å²) in [7, 11) is 2.50. The summed E-state index contributed by atoms with van der Waals surface area (Å²) < 4.78 is 46.3. The Balaban J connectivity index is 1.89. The van der Waals surface area contributed by atoms with E-state index in [1.54, 1.807) is 46.8 Å². The van der Waals surface area contributed by atoms with Gasteiger partial charge in [0.1, 0.15) is 12.2 Å². The summed E-state index contributed by atoms with van der Waals surface area (Å²) in [6.45, 7) is 13.1. The van der Waals surface area contributed by atoms with E-state index in [-0.39, 0.29) is 56.4 Å². The molecule has 0 saturated carbocycles. The molecule has 4 heterocycles. The lowest BCUT2D eigenvalue weighted by Crippen LogP contribution is -2.64. The first-order chi connectivity index (χ1) is 27.3. The Morgan fingerprint density at radius 1 is 0.949 bits per heavy atom. The highest BCUT2D eigenvalue weighted by Gasteiger charge is 2.61. The molecular formula is C42H63IO16. The quantitative estimate of drug-likeness (QED) is 0.0784. The van der Waals surface area contributed by atoms with Gasteiger partial charge in [0.2, 0.25) is 5.79 Å². The van der Waals surface area contributed by atoms with Gasteiger partial charge in [-0.1, -0.05) is 46.8 Å². The molecule has 0 radical (unpaired) electrons. The van der Waals surface area contributed by atoms with Crippen LogP contribution in [0.15, 0.2) is 23.8 Å². The Morgan fingerprint density at radius 2 is 1.63 bits per heavy atom. The Hall–Kier alpha value is -2.68. The molecule has 17 heteroatoms. The van der Waals surface area contributed by atoms with Crippen LogP contribution in [0.25, 0.3) is 0 Å². The van der Waals surface area contributed by atoms with Crippen molar-refractivity contribution in [1.82, 2.24) is 0 Å². The molecule has 6 bridgehead atoms. The topological polar surface area (TPSA) is 220 Å². The van der Waals surface area contributed by atoms with Crippen molar-refractivity contribution < 1.29 is 77.2 Å². The Labute approximate surface area is 360 Å². The van der Waals surface area contributed by atoms with Crippen LogP contribution in [0.1, 0.15) is 113 Å². The van der Waals surface area contributed by atoms with Gasteiger partial charge in [0.25, 0.3) is 0 Å². The van der Waals surface area contributed by atoms with Crippen molar-refractivity contribution in [3.8, 4) is 0 Å². The number of hydrogen-bond acceptors (Lipinski definition) is 16. The predicted molar refractivity (Wildman–Crippen MR) is 217 cm³/mol. The number of aliphatic hydroxyl groups is 3. The van der Waals surface area contributed by atoms with Gasteiger partial charge < -0.3 is 53.2 Å². The molecule has 6 unspecified atom stereocenters. The first-order valence-corrected chi connectivity index (χ1v) is 21.3. The maximum atomic E-state index is 13.3. The summed E-state index contributed by atoms with van der Waals surface area (Å²) in [6, 6.07) is 0. The summed E-state index contributed by atoms with van der Waals surface area (Å²) in [4.78, 5) is 63.9. The number of fused-ring (bicyclic) bond motifs is 6. The van der Waals surface area contributed by atoms with Gasteiger partial charge in [-0.2, -0.15) is 0 Å². The van der Waals surface area contributed by atoms with E-state index in [1.807, 2.05) is 6.92 Å². The molecule has 0 aliphatic carbocycles. The number of ether oxygens (including phenoxy) is 8. The van der Waals surface area contributed by atoms with Gasteiger partial charge >= 0.3 is 27.9 Å². The van der Waals surface area contributed by atoms with Crippen molar-refractivity contribution in [3.05, 3.63) is 23.8 Å². The van der Waals surface area contributed by atoms with Gasteiger partial charge in [-0.15, -0.1) is 0 Å². The van der Waals surface area contributed by atoms with Crippen LogP contribution in [-0.2, 0) is 57.1 Å². The summed E-state index contributed by atoms with van der Waals surface area (Å²) in [5.74, 6) is -7.57. The molecule has 0 aromatic rings. The minimum atomic E-state index is -2.37. The molecule has 4 aliphatic rings. The van der Waals surface area contributed by atoms with Crippen molar-refractivity contribution in [2.75, 3.05) is 14.2 Å². The summed E-state index contributed by atoms with van der Waals surface area (Å²) >= 11 is 1.42. The van der Waals surface area contributed by atoms with Crippen molar-refractivity contribution in [3.63, 3.8) is 0 Å². The zero-order valence-electron chi connectivity index (χ0n) is 35.8. The van der Waals surface area contributed by atoms with Crippen LogP contribution in [0, 0.1) is 22.7 Å². The Bertz CT molecular complexity index is 1620. The molecule has 16 nitrogen and oxygen atoms in total. The standard InChI is InChI=1S/C42H63IO16/c1-23(36(48)53-10)27-17-29-14-15-38(4,5)42(51)35(56-37(43)49)26(18-34(47)52-9)16-30(59-42)19-31(24(2)44)55-33(46)13-11-12-28-20-32(54-25(3)45)39(6,7)41(50,58-28)22-40(8,21-27)57-29/h14-15,18,23-24,27-32,35,44,50-51H,11-13,16-17,19-22H2,1-10H3/b15-14+,26-18+/t23?,24-,27?,28?,29+,30?,31-,32+,35+,40?,41+,42?/m1/s1. The monoisotopic (exact) mass is 950 g/mol. The number of aliphatic hydroxyl groups excluding tert-OH is 1. The normalized spacial score (nSPS) is 38.6. The molecule has 3 N–H and O–H groups in total. The molecule has 334 valence electrons. The lowest BCUT2D eigenvalue weighted by Gasteiger charge is -2.56. The first-order valence-electron chi connectivity index (χ1n) is 20.2. The Kier molecular flexibility index (Phi) is 15.9. The van der Waals surface area contributed by atoms with Crippen LogP contribution in [0.3, 0.4) is 0 Å². The lowest BCUT2D eigenvalue weighted by atomic mass is 9.67. The number of rotatable bonds is 6. The SMILES string of the molecule is COC(=O)/C=C1\CC2C[C@H]([C@@H](C)O)OC(=O)CCCC3C[C@H](OC(C)=O)C(C)(C)[C@](O)(CC4(C)CC(C(C)C(=O)OC)C[C@H](/C=C/C(C)(C)C(O)(O2)[C@H]1OC(=O)I)O4)O3. The van der Waals surface area contributed by atoms with Crippen LogP contribution in [0.4, 0.5) is 4.79 Å². The fraction of sp³-hybridized carbons (Fsp3) is 0.786. The molecular weight excluding hydrogens is 887 g/mol. The van der Waals surface area contributed by atoms with Crippen LogP contribution in [0.2, 0.25) is 0 Å². The fourth-order valence-corrected chi connectivity index (χ4v) is 9.22. The minimum absolute atomic E-state index is 0.0640. The minimum Gasteiger partial charge on any atom is -0.469 e. The van der Waals surface area contributed by atoms with Crippen LogP contribution in [-0.4, -0.2) is 117 Å². The van der Waals surface area contributed by atoms with E-state index in [4.69, 9.17) is 37.9 Å². The van der Waals surface area contributed by atoms with Gasteiger partial charge in [0.05, 0.1) is 78.2 Å². The van der Waals surface area contributed by atoms with E-state index in [2.05, 4.69) is 0 Å². The number of carbonyl (C=O) groups is 5. The predicted octanol–water partition coefficient (Wildman–Crippen LogP) is 5.14. The number of cyclic esters (lactones) is 1. The van der Waals surface area contributed by atoms with Crippen molar-refractivity contribution in [2.24, 2.45) is 22.7 Å². The van der Waals surface area contributed by atoms with Crippen molar-refractivity contribution in [2.45, 2.75) is 173 Å². The van der Waals surface area contributed by atoms with E-state index < -0.39 is 105 Å². The summed E-state index contributed by atoms with van der Waals surface area (Å²) in [5, 5.41) is 36.2. The molecule has 4 rings (SSSR count). The number of hydrogen-bond donors (Lipinski definition) is 3. The maximum Gasteiger partial charge on any atom is 0.367 e. The summed E-state index contributed by atoms with van der Waals surface area (Å²) in [5.41, 5.74) is -3.58. The van der Waals surface area contributed by atoms with E-state index in [0.29, 0.717) is 12.8 Å². The number of esters is 4. The number of halogens is 1. The number of carbonyl (C=O) groups excluding carboxylic acids is 5. The van der Waals surface area contributed by atoms with E-state index in [1.165, 1.54) is 50.7 Å². The molecule has 0 amide bonds. The van der Waals surface area contributed by atoms with Crippen molar-refractivity contribution >= 4 is 50.4 Å². The molecule has 0 spiro atoms. The second kappa shape index (κ2) is 19.2. The van der Waals surface area contributed by atoms with Gasteiger partial charge in [-0.3, -0.25) is 14.4 Å². The highest BCUT2D eigenvalue weighted by atomic mass is 127. The van der Waals surface area contributed by atoms with E-state index in [0.717, 1.165) is 6.08 Å². The molecule has 3 saturated heterocycles. The third kappa shape index (κ3) is 11.4. The molecule has 4 aliphatic heterocycles. The van der Waals surface area contributed by atoms with E-state index in [9.17, 15) is 39.3 Å². The lowest BCUT2D eigenvalue weighted by molar-refractivity contribution is -0.355. The third-order valence-corrected chi connectivity index (χ3v) is 12.9. The van der Waals surface area contributed by atoms with Crippen molar-refractivity contribution in [1.29, 1.82) is 0 Å². The maximum absolute atomic E-state index is 13.3. The summed E-state index contributed by atoms with van der Waals surface area (Å²) in [6.07, 6.45) is -1.40. The van der Waals surface area contributed by atoms with E-state index >= 15 is 0 Å². The molecule has 3 fully saturated rings. The van der Waals surface area contributed by atoms with Gasteiger partial charge in [-0.25, -0.2) is 9.59 Å². The molecule has 0 aromatic carbocycles. The van der Waals surface area contributed by atoms with Crippen LogP contribution < -0.4 is 0 Å². The zero-order valence-corrected chi connectivity index (χ0v) is 38.0. The first kappa shape index (κ1) is 49.0. The number of methoxy groups -OCH3 is 2. The average Bonchev–Trinajstić information content (AvgIpc) is 3.12. The van der Waals surface area contributed by atoms with Crippen LogP contribution >= 0.6 is 22.6 Å². The average molecular weight is 951 g/mol. The molecule has 0 aromatic heterocycles.